The molecule has 64 valence electrons. The van der Waals surface area contributed by atoms with Gasteiger partial charge in [0.2, 0.25) is 0 Å². The Hall–Kier alpha value is -0.600. The van der Waals surface area contributed by atoms with Gasteiger partial charge in [-0.1, -0.05) is 13.8 Å². The van der Waals surface area contributed by atoms with Gasteiger partial charge < -0.3 is 5.73 Å². The predicted octanol–water partition coefficient (Wildman–Crippen LogP) is 1.36. The third-order valence-corrected chi connectivity index (χ3v) is 2.62. The Kier molecular flexibility index (Phi) is 2.16. The van der Waals surface area contributed by atoms with Gasteiger partial charge in [-0.25, -0.2) is 0 Å². The summed E-state index contributed by atoms with van der Waals surface area (Å²) in [5.41, 5.74) is 5.22. The second-order valence-corrected chi connectivity index (χ2v) is 3.64. The predicted molar refractivity (Wildman–Crippen MR) is 44.4 cm³/mol. The van der Waals surface area contributed by atoms with Gasteiger partial charge >= 0.3 is 0 Å². The van der Waals surface area contributed by atoms with E-state index in [0.29, 0.717) is 24.7 Å². The summed E-state index contributed by atoms with van der Waals surface area (Å²) < 4.78 is 12.6. The first kappa shape index (κ1) is 8.50. The lowest BCUT2D eigenvalue weighted by Crippen LogP contribution is -2.32. The molecule has 2 nitrogen and oxygen atoms in total. The zero-order valence-electron chi connectivity index (χ0n) is 7.10. The van der Waals surface area contributed by atoms with Crippen molar-refractivity contribution in [2.45, 2.75) is 20.3 Å². The van der Waals surface area contributed by atoms with E-state index in [2.05, 4.69) is 4.99 Å². The minimum absolute atomic E-state index is 0.288. The van der Waals surface area contributed by atoms with Gasteiger partial charge in [0.15, 0.2) is 0 Å². The molecule has 1 aliphatic rings. The van der Waals surface area contributed by atoms with E-state index in [1.54, 1.807) is 0 Å². The molecule has 2 N–H and O–H groups in total. The molecule has 1 unspecified atom stereocenters. The number of alkyl halides is 1. The lowest BCUT2D eigenvalue weighted by molar-refractivity contribution is 0.163. The maximum atomic E-state index is 12.6. The van der Waals surface area contributed by atoms with Gasteiger partial charge in [-0.2, -0.15) is 0 Å². The molecular weight excluding hydrogens is 143 g/mol. The molecular formula is C8H15FN2. The fourth-order valence-electron chi connectivity index (χ4n) is 1.36. The van der Waals surface area contributed by atoms with E-state index in [-0.39, 0.29) is 12.1 Å². The van der Waals surface area contributed by atoms with Crippen LogP contribution in [0.5, 0.6) is 0 Å². The molecule has 0 saturated carbocycles. The number of halogens is 1. The summed E-state index contributed by atoms with van der Waals surface area (Å²) in [5, 5.41) is 0. The number of hydrogen-bond acceptors (Lipinski definition) is 2. The van der Waals surface area contributed by atoms with E-state index < -0.39 is 0 Å². The standard InChI is InChI=1S/C8H15FN2/c1-6(2)8(4-9)3-7(10)11-5-8/h6H,3-5H2,1-2H3,(H2,10,11). The van der Waals surface area contributed by atoms with Gasteiger partial charge in [-0.05, 0) is 5.92 Å². The summed E-state index contributed by atoms with van der Waals surface area (Å²) in [5.74, 6) is 0.925. The SMILES string of the molecule is CC(C)C1(CF)CN=C(N)C1. The van der Waals surface area contributed by atoms with Crippen molar-refractivity contribution in [2.75, 3.05) is 13.2 Å². The molecule has 1 atom stereocenters. The molecule has 0 aromatic heterocycles. The zero-order valence-corrected chi connectivity index (χ0v) is 7.10. The third-order valence-electron chi connectivity index (χ3n) is 2.62. The molecule has 0 spiro atoms. The van der Waals surface area contributed by atoms with Crippen LogP contribution in [0.4, 0.5) is 4.39 Å². The Morgan fingerprint density at radius 1 is 1.73 bits per heavy atom. The van der Waals surface area contributed by atoms with Gasteiger partial charge in [-0.3, -0.25) is 9.38 Å². The lowest BCUT2D eigenvalue weighted by Gasteiger charge is -2.28. The van der Waals surface area contributed by atoms with Crippen LogP contribution < -0.4 is 5.73 Å². The highest BCUT2D eigenvalue weighted by Gasteiger charge is 2.38. The van der Waals surface area contributed by atoms with Crippen LogP contribution in [0.25, 0.3) is 0 Å². The highest BCUT2D eigenvalue weighted by molar-refractivity contribution is 5.82. The van der Waals surface area contributed by atoms with Crippen LogP contribution in [0.3, 0.4) is 0 Å². The highest BCUT2D eigenvalue weighted by Crippen LogP contribution is 2.35. The Morgan fingerprint density at radius 2 is 2.36 bits per heavy atom. The quantitative estimate of drug-likeness (QED) is 0.647. The molecule has 3 heteroatoms. The minimum atomic E-state index is -0.311. The van der Waals surface area contributed by atoms with Crippen molar-refractivity contribution < 1.29 is 4.39 Å². The fourth-order valence-corrected chi connectivity index (χ4v) is 1.36. The molecule has 0 amide bonds. The number of aliphatic imine (C=N–C) groups is 1. The first-order valence-electron chi connectivity index (χ1n) is 3.95. The van der Waals surface area contributed by atoms with E-state index in [1.807, 2.05) is 13.8 Å². The fraction of sp³-hybridized carbons (Fsp3) is 0.875. The van der Waals surface area contributed by atoms with Gasteiger partial charge in [0.25, 0.3) is 0 Å². The van der Waals surface area contributed by atoms with Crippen LogP contribution in [0.15, 0.2) is 4.99 Å². The molecule has 0 radical (unpaired) electrons. The average Bonchev–Trinajstić information content (AvgIpc) is 2.33. The number of nitrogens with zero attached hydrogens (tertiary/aromatic N) is 1. The molecule has 0 bridgehead atoms. The number of rotatable bonds is 2. The number of amidine groups is 1. The van der Waals surface area contributed by atoms with Gasteiger partial charge in [-0.15, -0.1) is 0 Å². The molecule has 11 heavy (non-hydrogen) atoms. The first-order valence-corrected chi connectivity index (χ1v) is 3.95. The zero-order chi connectivity index (χ0) is 8.48. The van der Waals surface area contributed by atoms with Crippen LogP contribution in [0.1, 0.15) is 20.3 Å². The monoisotopic (exact) mass is 158 g/mol. The minimum Gasteiger partial charge on any atom is -0.387 e. The van der Waals surface area contributed by atoms with Crippen LogP contribution in [-0.2, 0) is 0 Å². The van der Waals surface area contributed by atoms with Crippen molar-refractivity contribution in [1.82, 2.24) is 0 Å². The van der Waals surface area contributed by atoms with Crippen molar-refractivity contribution in [1.29, 1.82) is 0 Å². The number of nitrogens with two attached hydrogens (primary N) is 1. The molecule has 0 aromatic rings. The van der Waals surface area contributed by atoms with Crippen molar-refractivity contribution in [3.63, 3.8) is 0 Å². The number of hydrogen-bond donors (Lipinski definition) is 1. The van der Waals surface area contributed by atoms with E-state index in [0.717, 1.165) is 0 Å². The smallest absolute Gasteiger partial charge is 0.0975 e. The van der Waals surface area contributed by atoms with E-state index in [1.165, 1.54) is 0 Å². The second-order valence-electron chi connectivity index (χ2n) is 3.64. The van der Waals surface area contributed by atoms with Gasteiger partial charge in [0.05, 0.1) is 12.5 Å². The summed E-state index contributed by atoms with van der Waals surface area (Å²) in [6.45, 7) is 4.29. The maximum absolute atomic E-state index is 12.6. The largest absolute Gasteiger partial charge is 0.387 e. The van der Waals surface area contributed by atoms with Crippen LogP contribution in [-0.4, -0.2) is 19.1 Å². The van der Waals surface area contributed by atoms with E-state index in [9.17, 15) is 4.39 Å². The van der Waals surface area contributed by atoms with Crippen molar-refractivity contribution in [3.05, 3.63) is 0 Å². The second kappa shape index (κ2) is 2.80. The summed E-state index contributed by atoms with van der Waals surface area (Å²) in [7, 11) is 0. The molecule has 0 aromatic carbocycles. The first-order chi connectivity index (χ1) is 5.10. The van der Waals surface area contributed by atoms with Crippen molar-refractivity contribution >= 4 is 5.84 Å². The third kappa shape index (κ3) is 1.37. The Labute approximate surface area is 66.7 Å². The summed E-state index contributed by atoms with van der Waals surface area (Å²) in [6, 6.07) is 0. The molecule has 1 rings (SSSR count). The topological polar surface area (TPSA) is 38.4 Å². The average molecular weight is 158 g/mol. The van der Waals surface area contributed by atoms with Crippen LogP contribution in [0, 0.1) is 11.3 Å². The lowest BCUT2D eigenvalue weighted by atomic mass is 9.77. The molecule has 0 saturated heterocycles. The Balaban J connectivity index is 2.67. The van der Waals surface area contributed by atoms with Crippen molar-refractivity contribution in [3.8, 4) is 0 Å². The van der Waals surface area contributed by atoms with E-state index >= 15 is 0 Å². The van der Waals surface area contributed by atoms with E-state index in [4.69, 9.17) is 5.73 Å². The van der Waals surface area contributed by atoms with Crippen LogP contribution in [0.2, 0.25) is 0 Å². The maximum Gasteiger partial charge on any atom is 0.0975 e. The molecule has 1 aliphatic heterocycles. The Morgan fingerprint density at radius 3 is 2.55 bits per heavy atom. The van der Waals surface area contributed by atoms with Gasteiger partial charge in [0.1, 0.15) is 0 Å². The summed E-state index contributed by atoms with van der Waals surface area (Å²) in [6.07, 6.45) is 0.626. The molecule has 0 aliphatic carbocycles. The normalized spacial score (nSPS) is 31.1. The summed E-state index contributed by atoms with van der Waals surface area (Å²) in [4.78, 5) is 4.04. The van der Waals surface area contributed by atoms with Crippen LogP contribution >= 0.6 is 0 Å². The Bertz CT molecular complexity index is 177. The highest BCUT2D eigenvalue weighted by atomic mass is 19.1. The van der Waals surface area contributed by atoms with Gasteiger partial charge in [0, 0.05) is 18.4 Å². The molecule has 0 fully saturated rings. The summed E-state index contributed by atoms with van der Waals surface area (Å²) >= 11 is 0. The molecule has 1 heterocycles. The van der Waals surface area contributed by atoms with Crippen molar-refractivity contribution in [2.24, 2.45) is 22.1 Å².